The number of phenolic OH excluding ortho intramolecular Hbond substituents is 1. The normalized spacial score (nSPS) is 10.6. The summed E-state index contributed by atoms with van der Waals surface area (Å²) in [4.78, 5) is 15.6. The monoisotopic (exact) mass is 255 g/mol. The highest BCUT2D eigenvalue weighted by Crippen LogP contribution is 2.18. The summed E-state index contributed by atoms with van der Waals surface area (Å²) in [5.41, 5.74) is 1.60. The minimum absolute atomic E-state index is 0.0623. The number of methoxy groups -OCH3 is 1. The molecule has 0 fully saturated rings. The first-order valence-electron chi connectivity index (χ1n) is 5.71. The number of carbonyl (C=O) groups excluding carboxylic acids is 1. The van der Waals surface area contributed by atoms with Crippen LogP contribution in [0.5, 0.6) is 5.75 Å². The van der Waals surface area contributed by atoms with E-state index in [2.05, 4.69) is 9.73 Å². The van der Waals surface area contributed by atoms with Gasteiger partial charge in [-0.3, -0.25) is 4.99 Å². The third-order valence-electron chi connectivity index (χ3n) is 2.56. The van der Waals surface area contributed by atoms with E-state index in [1.807, 2.05) is 30.3 Å². The summed E-state index contributed by atoms with van der Waals surface area (Å²) >= 11 is 0. The highest BCUT2D eigenvalue weighted by molar-refractivity contribution is 5.94. The Morgan fingerprint density at radius 1 is 1.21 bits per heavy atom. The maximum Gasteiger partial charge on any atom is 0.337 e. The summed E-state index contributed by atoms with van der Waals surface area (Å²) in [6.07, 6.45) is 1.51. The predicted molar refractivity (Wildman–Crippen MR) is 73.1 cm³/mol. The van der Waals surface area contributed by atoms with Crippen LogP contribution in [0.4, 0.5) is 5.69 Å². The van der Waals surface area contributed by atoms with Crippen molar-refractivity contribution >= 4 is 17.9 Å². The van der Waals surface area contributed by atoms with Gasteiger partial charge in [-0.2, -0.15) is 0 Å². The van der Waals surface area contributed by atoms with Crippen LogP contribution >= 0.6 is 0 Å². The molecule has 0 aromatic heterocycles. The van der Waals surface area contributed by atoms with Gasteiger partial charge in [-0.25, -0.2) is 4.79 Å². The van der Waals surface area contributed by atoms with Gasteiger partial charge in [-0.1, -0.05) is 18.2 Å². The first-order valence-corrected chi connectivity index (χ1v) is 5.71. The summed E-state index contributed by atoms with van der Waals surface area (Å²) in [5, 5.41) is 9.72. The minimum Gasteiger partial charge on any atom is -0.507 e. The van der Waals surface area contributed by atoms with Gasteiger partial charge in [0.1, 0.15) is 5.75 Å². The fourth-order valence-corrected chi connectivity index (χ4v) is 1.56. The molecule has 2 rings (SSSR count). The van der Waals surface area contributed by atoms with E-state index in [4.69, 9.17) is 0 Å². The molecule has 0 aliphatic carbocycles. The summed E-state index contributed by atoms with van der Waals surface area (Å²) in [7, 11) is 1.31. The number of rotatable bonds is 3. The van der Waals surface area contributed by atoms with Crippen LogP contribution in [0.1, 0.15) is 15.9 Å². The standard InChI is InChI=1S/C15H13NO3/c1-19-15(18)11-7-8-14(17)12(9-11)10-16-13-5-3-2-4-6-13/h2-10,17H,1H3. The lowest BCUT2D eigenvalue weighted by Gasteiger charge is -2.02. The molecule has 0 aliphatic heterocycles. The van der Waals surface area contributed by atoms with E-state index in [9.17, 15) is 9.90 Å². The molecule has 19 heavy (non-hydrogen) atoms. The fourth-order valence-electron chi connectivity index (χ4n) is 1.56. The van der Waals surface area contributed by atoms with E-state index in [-0.39, 0.29) is 5.75 Å². The van der Waals surface area contributed by atoms with Crippen molar-refractivity contribution in [2.75, 3.05) is 7.11 Å². The molecule has 0 amide bonds. The first-order chi connectivity index (χ1) is 9.20. The maximum atomic E-state index is 11.4. The number of hydrogen-bond acceptors (Lipinski definition) is 4. The number of para-hydroxylation sites is 1. The predicted octanol–water partition coefficient (Wildman–Crippen LogP) is 2.93. The lowest BCUT2D eigenvalue weighted by Crippen LogP contribution is -2.01. The second-order valence-electron chi connectivity index (χ2n) is 3.86. The Morgan fingerprint density at radius 2 is 1.95 bits per heavy atom. The van der Waals surface area contributed by atoms with Crippen LogP contribution in [0.15, 0.2) is 53.5 Å². The average Bonchev–Trinajstić information content (AvgIpc) is 2.46. The number of aromatic hydroxyl groups is 1. The number of carbonyl (C=O) groups is 1. The highest BCUT2D eigenvalue weighted by Gasteiger charge is 2.07. The zero-order chi connectivity index (χ0) is 13.7. The molecule has 96 valence electrons. The van der Waals surface area contributed by atoms with Crippen molar-refractivity contribution in [2.24, 2.45) is 4.99 Å². The van der Waals surface area contributed by atoms with Crippen molar-refractivity contribution in [2.45, 2.75) is 0 Å². The van der Waals surface area contributed by atoms with Crippen LogP contribution in [0, 0.1) is 0 Å². The lowest BCUT2D eigenvalue weighted by molar-refractivity contribution is 0.0600. The molecular formula is C15H13NO3. The molecule has 1 N–H and O–H groups in total. The van der Waals surface area contributed by atoms with Crippen molar-refractivity contribution in [3.63, 3.8) is 0 Å². The number of aliphatic imine (C=N–C) groups is 1. The Kier molecular flexibility index (Phi) is 3.93. The molecule has 0 aliphatic rings. The van der Waals surface area contributed by atoms with Crippen molar-refractivity contribution < 1.29 is 14.6 Å². The molecule has 0 heterocycles. The molecule has 0 unspecified atom stereocenters. The lowest BCUT2D eigenvalue weighted by atomic mass is 10.1. The van der Waals surface area contributed by atoms with Crippen molar-refractivity contribution in [3.8, 4) is 5.75 Å². The van der Waals surface area contributed by atoms with Crippen LogP contribution in [0.3, 0.4) is 0 Å². The maximum absolute atomic E-state index is 11.4. The average molecular weight is 255 g/mol. The number of ether oxygens (including phenoxy) is 1. The third kappa shape index (κ3) is 3.19. The topological polar surface area (TPSA) is 58.9 Å². The molecule has 0 radical (unpaired) electrons. The second-order valence-corrected chi connectivity index (χ2v) is 3.86. The number of hydrogen-bond donors (Lipinski definition) is 1. The zero-order valence-electron chi connectivity index (χ0n) is 10.4. The minimum atomic E-state index is -0.450. The third-order valence-corrected chi connectivity index (χ3v) is 2.56. The van der Waals surface area contributed by atoms with E-state index >= 15 is 0 Å². The van der Waals surface area contributed by atoms with Crippen molar-refractivity contribution in [1.29, 1.82) is 0 Å². The van der Waals surface area contributed by atoms with Gasteiger partial charge in [0.25, 0.3) is 0 Å². The first kappa shape index (κ1) is 12.8. The van der Waals surface area contributed by atoms with Crippen LogP contribution in [-0.4, -0.2) is 24.4 Å². The Bertz CT molecular complexity index is 606. The van der Waals surface area contributed by atoms with Gasteiger partial charge in [0.15, 0.2) is 0 Å². The number of benzene rings is 2. The number of phenols is 1. The van der Waals surface area contributed by atoms with Crippen LogP contribution in [0.2, 0.25) is 0 Å². The molecule has 0 saturated heterocycles. The van der Waals surface area contributed by atoms with Gasteiger partial charge in [-0.15, -0.1) is 0 Å². The fraction of sp³-hybridized carbons (Fsp3) is 0.0667. The van der Waals surface area contributed by atoms with Crippen molar-refractivity contribution in [3.05, 3.63) is 59.7 Å². The van der Waals surface area contributed by atoms with E-state index in [0.717, 1.165) is 5.69 Å². The molecule has 2 aromatic rings. The molecule has 0 spiro atoms. The Balaban J connectivity index is 2.29. The molecule has 4 heteroatoms. The quantitative estimate of drug-likeness (QED) is 0.677. The van der Waals surface area contributed by atoms with Gasteiger partial charge >= 0.3 is 5.97 Å². The van der Waals surface area contributed by atoms with E-state index in [0.29, 0.717) is 11.1 Å². The van der Waals surface area contributed by atoms with E-state index < -0.39 is 5.97 Å². The van der Waals surface area contributed by atoms with Gasteiger partial charge in [0.05, 0.1) is 18.4 Å². The number of nitrogens with zero attached hydrogens (tertiary/aromatic N) is 1. The Hall–Kier alpha value is -2.62. The highest BCUT2D eigenvalue weighted by atomic mass is 16.5. The Morgan fingerprint density at radius 3 is 2.63 bits per heavy atom. The van der Waals surface area contributed by atoms with Crippen LogP contribution < -0.4 is 0 Å². The smallest absolute Gasteiger partial charge is 0.337 e. The molecule has 0 bridgehead atoms. The van der Waals surface area contributed by atoms with Gasteiger partial charge in [0, 0.05) is 11.8 Å². The summed E-state index contributed by atoms with van der Waals surface area (Å²) in [6.45, 7) is 0. The number of esters is 1. The zero-order valence-corrected chi connectivity index (χ0v) is 10.4. The summed E-state index contributed by atoms with van der Waals surface area (Å²) in [5.74, 6) is -0.387. The Labute approximate surface area is 111 Å². The van der Waals surface area contributed by atoms with Crippen molar-refractivity contribution in [1.82, 2.24) is 0 Å². The summed E-state index contributed by atoms with van der Waals surface area (Å²) in [6, 6.07) is 13.8. The van der Waals surface area contributed by atoms with Gasteiger partial charge in [0.2, 0.25) is 0 Å². The van der Waals surface area contributed by atoms with Crippen LogP contribution in [-0.2, 0) is 4.74 Å². The van der Waals surface area contributed by atoms with E-state index in [1.165, 1.54) is 31.5 Å². The molecule has 0 atom stereocenters. The SMILES string of the molecule is COC(=O)c1ccc(O)c(C=Nc2ccccc2)c1. The van der Waals surface area contributed by atoms with Gasteiger partial charge < -0.3 is 9.84 Å². The van der Waals surface area contributed by atoms with E-state index in [1.54, 1.807) is 0 Å². The molecule has 4 nitrogen and oxygen atoms in total. The van der Waals surface area contributed by atoms with Gasteiger partial charge in [-0.05, 0) is 30.3 Å². The largest absolute Gasteiger partial charge is 0.507 e. The second kappa shape index (κ2) is 5.82. The molecule has 0 saturated carbocycles. The summed E-state index contributed by atoms with van der Waals surface area (Å²) < 4.78 is 4.63. The molecule has 2 aromatic carbocycles. The molecular weight excluding hydrogens is 242 g/mol. The van der Waals surface area contributed by atoms with Crippen LogP contribution in [0.25, 0.3) is 0 Å².